The largest absolute Gasteiger partial charge is 0.416 e. The minimum atomic E-state index is -4.46. The maximum absolute atomic E-state index is 12.9. The zero-order chi connectivity index (χ0) is 21.0. The second kappa shape index (κ2) is 8.35. The molecule has 2 aromatic rings. The molecule has 8 heteroatoms. The summed E-state index contributed by atoms with van der Waals surface area (Å²) in [6.07, 6.45) is -4.46. The molecule has 29 heavy (non-hydrogen) atoms. The van der Waals surface area contributed by atoms with Crippen LogP contribution >= 0.6 is 0 Å². The lowest BCUT2D eigenvalue weighted by molar-refractivity contribution is -0.137. The van der Waals surface area contributed by atoms with E-state index < -0.39 is 23.5 Å². The van der Waals surface area contributed by atoms with E-state index >= 15 is 0 Å². The number of nitrogens with zero attached hydrogens (tertiary/aromatic N) is 2. The molecule has 1 saturated heterocycles. The molecule has 1 aliphatic rings. The van der Waals surface area contributed by atoms with Gasteiger partial charge in [-0.2, -0.15) is 13.2 Å². The fourth-order valence-electron chi connectivity index (χ4n) is 2.83. The molecule has 0 radical (unpaired) electrons. The Morgan fingerprint density at radius 3 is 1.93 bits per heavy atom. The van der Waals surface area contributed by atoms with E-state index in [-0.39, 0.29) is 37.6 Å². The number of benzene rings is 2. The van der Waals surface area contributed by atoms with Gasteiger partial charge in [0.25, 0.3) is 11.8 Å². The molecule has 0 bridgehead atoms. The number of piperazine rings is 1. The van der Waals surface area contributed by atoms with Gasteiger partial charge >= 0.3 is 6.18 Å². The van der Waals surface area contributed by atoms with Crippen LogP contribution in [-0.4, -0.2) is 47.8 Å². The lowest BCUT2D eigenvalue weighted by atomic mass is 10.1. The van der Waals surface area contributed by atoms with Crippen molar-refractivity contribution >= 4 is 11.8 Å². The summed E-state index contributed by atoms with van der Waals surface area (Å²) in [6, 6.07) is 9.48. The molecule has 0 saturated carbocycles. The Kier molecular flexibility index (Phi) is 5.87. The fourth-order valence-corrected chi connectivity index (χ4v) is 2.83. The monoisotopic (exact) mass is 404 g/mol. The SMILES string of the molecule is O=C(C#Cc1ccc(F)cc1)N1CCN(C(=O)c2ccc(C(F)(F)F)cc2)CC1. The van der Waals surface area contributed by atoms with Crippen LogP contribution in [0.25, 0.3) is 0 Å². The molecule has 3 rings (SSSR count). The standard InChI is InChI=1S/C21H16F4N2O2/c22-18-8-1-15(2-9-18)3-10-19(28)26-11-13-27(14-12-26)20(29)16-4-6-17(7-5-16)21(23,24)25/h1-2,4-9H,11-14H2. The smallest absolute Gasteiger partial charge is 0.335 e. The van der Waals surface area contributed by atoms with E-state index in [9.17, 15) is 27.2 Å². The van der Waals surface area contributed by atoms with Crippen molar-refractivity contribution in [2.45, 2.75) is 6.18 Å². The van der Waals surface area contributed by atoms with Crippen molar-refractivity contribution in [3.63, 3.8) is 0 Å². The first kappa shape index (κ1) is 20.4. The third kappa shape index (κ3) is 5.13. The topological polar surface area (TPSA) is 40.6 Å². The van der Waals surface area contributed by atoms with Crippen LogP contribution in [-0.2, 0) is 11.0 Å². The van der Waals surface area contributed by atoms with Gasteiger partial charge in [0.1, 0.15) is 5.82 Å². The Morgan fingerprint density at radius 2 is 1.38 bits per heavy atom. The summed E-state index contributed by atoms with van der Waals surface area (Å²) in [6.45, 7) is 1.04. The number of hydrogen-bond acceptors (Lipinski definition) is 2. The number of hydrogen-bond donors (Lipinski definition) is 0. The first-order chi connectivity index (χ1) is 13.7. The highest BCUT2D eigenvalue weighted by atomic mass is 19.4. The van der Waals surface area contributed by atoms with Crippen LogP contribution in [0.5, 0.6) is 0 Å². The zero-order valence-electron chi connectivity index (χ0n) is 15.2. The van der Waals surface area contributed by atoms with E-state index in [4.69, 9.17) is 0 Å². The molecular weight excluding hydrogens is 388 g/mol. The van der Waals surface area contributed by atoms with E-state index in [1.165, 1.54) is 34.1 Å². The molecule has 2 amide bonds. The molecule has 0 unspecified atom stereocenters. The molecule has 0 N–H and O–H groups in total. The highest BCUT2D eigenvalue weighted by molar-refractivity contribution is 5.96. The predicted octanol–water partition coefficient (Wildman–Crippen LogP) is 3.18. The van der Waals surface area contributed by atoms with Gasteiger partial charge in [-0.25, -0.2) is 4.39 Å². The lowest BCUT2D eigenvalue weighted by Crippen LogP contribution is -2.50. The highest BCUT2D eigenvalue weighted by Crippen LogP contribution is 2.29. The van der Waals surface area contributed by atoms with Gasteiger partial charge in [-0.15, -0.1) is 0 Å². The summed E-state index contributed by atoms with van der Waals surface area (Å²) < 4.78 is 50.7. The number of alkyl halides is 3. The van der Waals surface area contributed by atoms with E-state index in [0.717, 1.165) is 24.3 Å². The number of carbonyl (C=O) groups is 2. The van der Waals surface area contributed by atoms with E-state index in [2.05, 4.69) is 11.8 Å². The molecule has 0 aliphatic carbocycles. The van der Waals surface area contributed by atoms with Gasteiger partial charge in [-0.05, 0) is 48.5 Å². The fraction of sp³-hybridized carbons (Fsp3) is 0.238. The van der Waals surface area contributed by atoms with Crippen molar-refractivity contribution < 1.29 is 27.2 Å². The van der Waals surface area contributed by atoms with Crippen molar-refractivity contribution in [2.75, 3.05) is 26.2 Å². The third-order valence-corrected chi connectivity index (χ3v) is 4.47. The van der Waals surface area contributed by atoms with Gasteiger partial charge in [-0.3, -0.25) is 9.59 Å². The minimum absolute atomic E-state index is 0.161. The Hall–Kier alpha value is -3.34. The summed E-state index contributed by atoms with van der Waals surface area (Å²) in [4.78, 5) is 27.6. The van der Waals surface area contributed by atoms with E-state index in [0.29, 0.717) is 5.56 Å². The van der Waals surface area contributed by atoms with Gasteiger partial charge in [0.2, 0.25) is 0 Å². The van der Waals surface area contributed by atoms with Gasteiger partial charge < -0.3 is 9.80 Å². The van der Waals surface area contributed by atoms with Gasteiger partial charge in [0, 0.05) is 43.2 Å². The van der Waals surface area contributed by atoms with Gasteiger partial charge in [-0.1, -0.05) is 5.92 Å². The van der Waals surface area contributed by atoms with Crippen molar-refractivity contribution in [3.05, 3.63) is 71.0 Å². The first-order valence-electron chi connectivity index (χ1n) is 8.77. The Bertz CT molecular complexity index is 949. The maximum Gasteiger partial charge on any atom is 0.416 e. The van der Waals surface area contributed by atoms with Gasteiger partial charge in [0.15, 0.2) is 0 Å². The van der Waals surface area contributed by atoms with Crippen LogP contribution in [0, 0.1) is 17.7 Å². The molecule has 4 nitrogen and oxygen atoms in total. The van der Waals surface area contributed by atoms with Crippen LogP contribution in [0.15, 0.2) is 48.5 Å². The number of amides is 2. The summed E-state index contributed by atoms with van der Waals surface area (Å²) in [5.74, 6) is 3.97. The first-order valence-corrected chi connectivity index (χ1v) is 8.77. The molecule has 150 valence electrons. The van der Waals surface area contributed by atoms with Crippen LogP contribution in [0.4, 0.5) is 17.6 Å². The van der Waals surface area contributed by atoms with Crippen LogP contribution < -0.4 is 0 Å². The Balaban J connectivity index is 1.56. The Morgan fingerprint density at radius 1 is 0.828 bits per heavy atom. The molecule has 1 heterocycles. The second-order valence-electron chi connectivity index (χ2n) is 6.42. The molecule has 0 atom stereocenters. The average Bonchev–Trinajstić information content (AvgIpc) is 2.72. The normalized spacial score (nSPS) is 14.2. The maximum atomic E-state index is 12.9. The second-order valence-corrected chi connectivity index (χ2v) is 6.42. The van der Waals surface area contributed by atoms with E-state index in [1.54, 1.807) is 0 Å². The summed E-state index contributed by atoms with van der Waals surface area (Å²) in [5, 5.41) is 0. The molecule has 2 aromatic carbocycles. The van der Waals surface area contributed by atoms with Crippen LogP contribution in [0.2, 0.25) is 0 Å². The molecule has 0 spiro atoms. The highest BCUT2D eigenvalue weighted by Gasteiger charge is 2.31. The van der Waals surface area contributed by atoms with Crippen molar-refractivity contribution in [1.29, 1.82) is 0 Å². The zero-order valence-corrected chi connectivity index (χ0v) is 15.2. The lowest BCUT2D eigenvalue weighted by Gasteiger charge is -2.33. The Labute approximate surface area is 164 Å². The van der Waals surface area contributed by atoms with Crippen LogP contribution in [0.3, 0.4) is 0 Å². The minimum Gasteiger partial charge on any atom is -0.335 e. The number of halogens is 4. The van der Waals surface area contributed by atoms with Crippen molar-refractivity contribution in [2.24, 2.45) is 0 Å². The summed E-state index contributed by atoms with van der Waals surface area (Å²) in [5.41, 5.74) is -0.144. The number of carbonyl (C=O) groups excluding carboxylic acids is 2. The number of rotatable bonds is 1. The van der Waals surface area contributed by atoms with Crippen LogP contribution in [0.1, 0.15) is 21.5 Å². The van der Waals surface area contributed by atoms with E-state index in [1.807, 2.05) is 0 Å². The average molecular weight is 404 g/mol. The summed E-state index contributed by atoms with van der Waals surface area (Å²) >= 11 is 0. The van der Waals surface area contributed by atoms with Crippen molar-refractivity contribution in [1.82, 2.24) is 9.80 Å². The third-order valence-electron chi connectivity index (χ3n) is 4.47. The summed E-state index contributed by atoms with van der Waals surface area (Å²) in [7, 11) is 0. The van der Waals surface area contributed by atoms with Crippen molar-refractivity contribution in [3.8, 4) is 11.8 Å². The van der Waals surface area contributed by atoms with Gasteiger partial charge in [0.05, 0.1) is 5.56 Å². The predicted molar refractivity (Wildman–Crippen MR) is 97.2 cm³/mol. The quantitative estimate of drug-likeness (QED) is 0.541. The molecular formula is C21H16F4N2O2. The molecule has 1 fully saturated rings. The molecule has 1 aliphatic heterocycles. The molecule has 0 aromatic heterocycles.